The Morgan fingerprint density at radius 1 is 1.50 bits per heavy atom. The van der Waals surface area contributed by atoms with E-state index in [2.05, 4.69) is 10.6 Å². The van der Waals surface area contributed by atoms with Crippen LogP contribution in [0, 0.1) is 6.92 Å². The van der Waals surface area contributed by atoms with Gasteiger partial charge in [0.1, 0.15) is 5.75 Å². The lowest BCUT2D eigenvalue weighted by molar-refractivity contribution is -0.121. The van der Waals surface area contributed by atoms with Crippen molar-refractivity contribution in [2.24, 2.45) is 0 Å². The maximum absolute atomic E-state index is 12.3. The zero-order valence-electron chi connectivity index (χ0n) is 11.2. The Morgan fingerprint density at radius 2 is 2.28 bits per heavy atom. The number of hydrogen-bond acceptors (Lipinski definition) is 3. The highest BCUT2D eigenvalue weighted by atomic mass is 16.5. The summed E-state index contributed by atoms with van der Waals surface area (Å²) in [5.41, 5.74) is 1.36. The summed E-state index contributed by atoms with van der Waals surface area (Å²) in [6, 6.07) is 5.76. The molecule has 18 heavy (non-hydrogen) atoms. The molecule has 98 valence electrons. The average molecular weight is 248 g/mol. The van der Waals surface area contributed by atoms with Crippen LogP contribution in [0.4, 0.5) is 5.69 Å². The number of ether oxygens (including phenoxy) is 1. The first-order chi connectivity index (χ1) is 8.55. The molecule has 0 aliphatic carbocycles. The third-order valence-electron chi connectivity index (χ3n) is 3.47. The third-order valence-corrected chi connectivity index (χ3v) is 3.47. The van der Waals surface area contributed by atoms with Crippen LogP contribution in [0.5, 0.6) is 5.75 Å². The van der Waals surface area contributed by atoms with Crippen LogP contribution in [0.15, 0.2) is 18.2 Å². The van der Waals surface area contributed by atoms with E-state index in [1.807, 2.05) is 32.0 Å². The number of methoxy groups -OCH3 is 1. The Morgan fingerprint density at radius 3 is 2.89 bits per heavy atom. The molecule has 1 atom stereocenters. The van der Waals surface area contributed by atoms with Crippen LogP contribution in [0.1, 0.15) is 25.3 Å². The van der Waals surface area contributed by atoms with Gasteiger partial charge >= 0.3 is 0 Å². The van der Waals surface area contributed by atoms with Crippen LogP contribution < -0.4 is 15.4 Å². The number of rotatable bonds is 3. The Balaban J connectivity index is 2.18. The minimum Gasteiger partial charge on any atom is -0.495 e. The molecule has 2 rings (SSSR count). The number of benzene rings is 1. The van der Waals surface area contributed by atoms with E-state index in [0.29, 0.717) is 5.75 Å². The monoisotopic (exact) mass is 248 g/mol. The molecule has 1 fully saturated rings. The number of anilines is 1. The van der Waals surface area contributed by atoms with Crippen molar-refractivity contribution in [2.75, 3.05) is 19.0 Å². The number of amides is 1. The number of aryl methyl sites for hydroxylation is 1. The highest BCUT2D eigenvalue weighted by Gasteiger charge is 2.36. The largest absolute Gasteiger partial charge is 0.495 e. The lowest BCUT2D eigenvalue weighted by Crippen LogP contribution is -2.48. The van der Waals surface area contributed by atoms with E-state index in [-0.39, 0.29) is 5.91 Å². The molecular weight excluding hydrogens is 228 g/mol. The van der Waals surface area contributed by atoms with Gasteiger partial charge in [0, 0.05) is 0 Å². The van der Waals surface area contributed by atoms with Crippen molar-refractivity contribution in [3.63, 3.8) is 0 Å². The van der Waals surface area contributed by atoms with Crippen molar-refractivity contribution < 1.29 is 9.53 Å². The highest BCUT2D eigenvalue weighted by molar-refractivity contribution is 5.99. The van der Waals surface area contributed by atoms with Gasteiger partial charge in [-0.25, -0.2) is 0 Å². The summed E-state index contributed by atoms with van der Waals surface area (Å²) >= 11 is 0. The van der Waals surface area contributed by atoms with Gasteiger partial charge in [-0.1, -0.05) is 6.07 Å². The molecule has 0 spiro atoms. The third kappa shape index (κ3) is 2.48. The zero-order chi connectivity index (χ0) is 13.2. The maximum atomic E-state index is 12.3. The molecule has 1 amide bonds. The van der Waals surface area contributed by atoms with Gasteiger partial charge in [0.25, 0.3) is 0 Å². The van der Waals surface area contributed by atoms with E-state index in [4.69, 9.17) is 4.74 Å². The molecular formula is C14H20N2O2. The second-order valence-corrected chi connectivity index (χ2v) is 5.02. The summed E-state index contributed by atoms with van der Waals surface area (Å²) in [7, 11) is 1.61. The Hall–Kier alpha value is -1.55. The summed E-state index contributed by atoms with van der Waals surface area (Å²) in [5.74, 6) is 0.694. The molecule has 1 heterocycles. The Bertz CT molecular complexity index is 451. The van der Waals surface area contributed by atoms with Crippen molar-refractivity contribution >= 4 is 11.6 Å². The average Bonchev–Trinajstić information content (AvgIpc) is 2.78. The van der Waals surface area contributed by atoms with E-state index in [9.17, 15) is 4.79 Å². The molecule has 1 saturated heterocycles. The minimum absolute atomic E-state index is 0.00361. The topological polar surface area (TPSA) is 50.4 Å². The first kappa shape index (κ1) is 12.9. The maximum Gasteiger partial charge on any atom is 0.244 e. The molecule has 0 aromatic heterocycles. The Kier molecular flexibility index (Phi) is 3.57. The van der Waals surface area contributed by atoms with E-state index >= 15 is 0 Å². The normalized spacial score (nSPS) is 22.8. The van der Waals surface area contributed by atoms with Crippen LogP contribution in [0.3, 0.4) is 0 Å². The molecule has 0 radical (unpaired) electrons. The fourth-order valence-corrected chi connectivity index (χ4v) is 2.27. The summed E-state index contributed by atoms with van der Waals surface area (Å²) < 4.78 is 5.26. The van der Waals surface area contributed by atoms with Gasteiger partial charge in [-0.15, -0.1) is 0 Å². The van der Waals surface area contributed by atoms with Crippen molar-refractivity contribution in [3.05, 3.63) is 23.8 Å². The van der Waals surface area contributed by atoms with E-state index in [0.717, 1.165) is 30.6 Å². The zero-order valence-corrected chi connectivity index (χ0v) is 11.2. The van der Waals surface area contributed by atoms with Gasteiger partial charge in [0.15, 0.2) is 0 Å². The van der Waals surface area contributed by atoms with E-state index in [1.165, 1.54) is 0 Å². The van der Waals surface area contributed by atoms with Gasteiger partial charge in [-0.3, -0.25) is 4.79 Å². The van der Waals surface area contributed by atoms with Crippen molar-refractivity contribution in [3.8, 4) is 5.75 Å². The second kappa shape index (κ2) is 4.98. The predicted molar refractivity (Wildman–Crippen MR) is 72.0 cm³/mol. The number of carbonyl (C=O) groups is 1. The van der Waals surface area contributed by atoms with Gasteiger partial charge in [-0.2, -0.15) is 0 Å². The molecule has 0 saturated carbocycles. The summed E-state index contributed by atoms with van der Waals surface area (Å²) in [4.78, 5) is 12.3. The highest BCUT2D eigenvalue weighted by Crippen LogP contribution is 2.27. The Labute approximate surface area is 108 Å². The van der Waals surface area contributed by atoms with Crippen molar-refractivity contribution in [1.29, 1.82) is 0 Å². The van der Waals surface area contributed by atoms with Crippen molar-refractivity contribution in [1.82, 2.24) is 5.32 Å². The fraction of sp³-hybridized carbons (Fsp3) is 0.500. The second-order valence-electron chi connectivity index (χ2n) is 5.02. The lowest BCUT2D eigenvalue weighted by atomic mass is 9.99. The van der Waals surface area contributed by atoms with Gasteiger partial charge < -0.3 is 15.4 Å². The van der Waals surface area contributed by atoms with Crippen LogP contribution in [0.25, 0.3) is 0 Å². The van der Waals surface area contributed by atoms with Crippen LogP contribution in [-0.2, 0) is 4.79 Å². The molecule has 1 aliphatic rings. The van der Waals surface area contributed by atoms with Gasteiger partial charge in [0.05, 0.1) is 18.3 Å². The first-order valence-corrected chi connectivity index (χ1v) is 6.26. The van der Waals surface area contributed by atoms with Gasteiger partial charge in [0.2, 0.25) is 5.91 Å². The molecule has 1 aromatic carbocycles. The van der Waals surface area contributed by atoms with E-state index < -0.39 is 5.54 Å². The summed E-state index contributed by atoms with van der Waals surface area (Å²) in [6.07, 6.45) is 1.90. The molecule has 1 unspecified atom stereocenters. The van der Waals surface area contributed by atoms with Crippen molar-refractivity contribution in [2.45, 2.75) is 32.2 Å². The number of hydrogen-bond donors (Lipinski definition) is 2. The van der Waals surface area contributed by atoms with Crippen LogP contribution in [-0.4, -0.2) is 25.1 Å². The standard InChI is InChI=1S/C14H20N2O2/c1-10-5-6-12(18-3)11(9-10)16-13(17)14(2)7-4-8-15-14/h5-6,9,15H,4,7-8H2,1-3H3,(H,16,17). The number of carbonyl (C=O) groups excluding carboxylic acids is 1. The predicted octanol–water partition coefficient (Wildman–Crippen LogP) is 2.08. The molecule has 1 aromatic rings. The van der Waals surface area contributed by atoms with Crippen LogP contribution in [0.2, 0.25) is 0 Å². The molecule has 2 N–H and O–H groups in total. The minimum atomic E-state index is -0.464. The molecule has 4 heteroatoms. The molecule has 0 bridgehead atoms. The fourth-order valence-electron chi connectivity index (χ4n) is 2.27. The lowest BCUT2D eigenvalue weighted by Gasteiger charge is -2.23. The number of nitrogens with one attached hydrogen (secondary N) is 2. The van der Waals surface area contributed by atoms with Gasteiger partial charge in [-0.05, 0) is 50.9 Å². The molecule has 1 aliphatic heterocycles. The van der Waals surface area contributed by atoms with Crippen LogP contribution >= 0.6 is 0 Å². The smallest absolute Gasteiger partial charge is 0.244 e. The summed E-state index contributed by atoms with van der Waals surface area (Å²) in [6.45, 7) is 4.83. The SMILES string of the molecule is COc1ccc(C)cc1NC(=O)C1(C)CCCN1. The summed E-state index contributed by atoms with van der Waals surface area (Å²) in [5, 5.41) is 6.21. The van der Waals surface area contributed by atoms with E-state index in [1.54, 1.807) is 7.11 Å². The first-order valence-electron chi connectivity index (χ1n) is 6.26. The molecule has 4 nitrogen and oxygen atoms in total. The quantitative estimate of drug-likeness (QED) is 0.861.